The quantitative estimate of drug-likeness (QED) is 0.383. The van der Waals surface area contributed by atoms with E-state index < -0.39 is 29.1 Å². The van der Waals surface area contributed by atoms with Crippen molar-refractivity contribution in [1.29, 1.82) is 0 Å². The minimum Gasteiger partial charge on any atom is -0.383 e. The van der Waals surface area contributed by atoms with Gasteiger partial charge in [-0.15, -0.1) is 0 Å². The molecule has 1 fully saturated rings. The molecule has 0 heterocycles. The van der Waals surface area contributed by atoms with E-state index in [1.807, 2.05) is 0 Å². The third kappa shape index (κ3) is 2.08. The summed E-state index contributed by atoms with van der Waals surface area (Å²) in [7, 11) is 1.37. The summed E-state index contributed by atoms with van der Waals surface area (Å²) in [6.45, 7) is 0. The zero-order chi connectivity index (χ0) is 10.7. The maximum Gasteiger partial charge on any atom is 0.241 e. The number of hydrogen-bond acceptors (Lipinski definition) is 5. The Kier molecular flexibility index (Phi) is 3.54. The van der Waals surface area contributed by atoms with Crippen LogP contribution in [0.25, 0.3) is 0 Å². The Labute approximate surface area is 81.0 Å². The van der Waals surface area contributed by atoms with E-state index in [9.17, 15) is 20.0 Å². The average molecular weight is 203 g/mol. The van der Waals surface area contributed by atoms with Gasteiger partial charge in [-0.2, -0.15) is 0 Å². The van der Waals surface area contributed by atoms with Gasteiger partial charge in [-0.3, -0.25) is 10.1 Å². The molecule has 1 aliphatic rings. The van der Waals surface area contributed by atoms with Crippen LogP contribution >= 0.6 is 0 Å². The van der Waals surface area contributed by atoms with E-state index in [1.165, 1.54) is 7.11 Å². The van der Waals surface area contributed by atoms with Crippen LogP contribution in [0.4, 0.5) is 0 Å². The van der Waals surface area contributed by atoms with Gasteiger partial charge >= 0.3 is 0 Å². The summed E-state index contributed by atoms with van der Waals surface area (Å²) < 4.78 is 4.90. The predicted molar refractivity (Wildman–Crippen MR) is 46.4 cm³/mol. The van der Waals surface area contributed by atoms with Gasteiger partial charge in [-0.25, -0.2) is 0 Å². The van der Waals surface area contributed by atoms with Crippen LogP contribution in [0.1, 0.15) is 12.8 Å². The number of carbonyl (C=O) groups excluding carboxylic acids is 1. The van der Waals surface area contributed by atoms with Crippen LogP contribution in [0.2, 0.25) is 0 Å². The molecule has 0 spiro atoms. The number of hydrogen-bond donors (Lipinski definition) is 1. The third-order valence-electron chi connectivity index (χ3n) is 2.62. The Bertz CT molecular complexity index is 232. The van der Waals surface area contributed by atoms with Crippen LogP contribution in [0, 0.1) is 16.0 Å². The van der Waals surface area contributed by atoms with E-state index in [0.29, 0.717) is 12.7 Å². The summed E-state index contributed by atoms with van der Waals surface area (Å²) in [4.78, 5) is 20.5. The van der Waals surface area contributed by atoms with E-state index >= 15 is 0 Å². The number of nitrogens with zero attached hydrogens (tertiary/aromatic N) is 1. The molecule has 80 valence electrons. The van der Waals surface area contributed by atoms with E-state index in [0.717, 1.165) is 0 Å². The van der Waals surface area contributed by atoms with Gasteiger partial charge in [-0.1, -0.05) is 0 Å². The molecule has 0 saturated heterocycles. The molecule has 0 aromatic rings. The fraction of sp³-hybridized carbons (Fsp3) is 0.875. The van der Waals surface area contributed by atoms with Crippen molar-refractivity contribution in [1.82, 2.24) is 0 Å². The summed E-state index contributed by atoms with van der Waals surface area (Å²) in [5.74, 6) is -0.390. The molecule has 0 aromatic carbocycles. The number of methoxy groups -OCH3 is 1. The van der Waals surface area contributed by atoms with Crippen LogP contribution in [-0.2, 0) is 9.53 Å². The lowest BCUT2D eigenvalue weighted by atomic mass is 9.83. The first-order valence-electron chi connectivity index (χ1n) is 4.39. The molecule has 0 aliphatic heterocycles. The third-order valence-corrected chi connectivity index (χ3v) is 2.62. The minimum atomic E-state index is -1.12. The first-order valence-corrected chi connectivity index (χ1v) is 4.39. The number of rotatable bonds is 3. The molecule has 0 aromatic heterocycles. The number of ether oxygens (including phenoxy) is 1. The predicted octanol–water partition coefficient (Wildman–Crippen LogP) is -0.384. The van der Waals surface area contributed by atoms with E-state index in [1.54, 1.807) is 0 Å². The Balaban J connectivity index is 2.75. The molecular formula is C8H13NO5. The molecular weight excluding hydrogens is 190 g/mol. The van der Waals surface area contributed by atoms with Crippen LogP contribution in [0.3, 0.4) is 0 Å². The summed E-state index contributed by atoms with van der Waals surface area (Å²) in [5.41, 5.74) is 0. The van der Waals surface area contributed by atoms with Crippen molar-refractivity contribution in [2.45, 2.75) is 31.1 Å². The largest absolute Gasteiger partial charge is 0.383 e. The number of aliphatic hydroxyl groups excluding tert-OH is 1. The highest BCUT2D eigenvalue weighted by Crippen LogP contribution is 2.27. The zero-order valence-electron chi connectivity index (χ0n) is 7.83. The first-order chi connectivity index (χ1) is 6.60. The highest BCUT2D eigenvalue weighted by Gasteiger charge is 2.43. The average Bonchev–Trinajstić information content (AvgIpc) is 2.17. The van der Waals surface area contributed by atoms with Gasteiger partial charge in [0.2, 0.25) is 6.04 Å². The van der Waals surface area contributed by atoms with Crippen LogP contribution in [-0.4, -0.2) is 41.7 Å². The van der Waals surface area contributed by atoms with Crippen molar-refractivity contribution < 1.29 is 19.6 Å². The van der Waals surface area contributed by atoms with Crippen molar-refractivity contribution in [3.05, 3.63) is 10.1 Å². The second-order valence-electron chi connectivity index (χ2n) is 3.49. The van der Waals surface area contributed by atoms with Crippen LogP contribution in [0.15, 0.2) is 0 Å². The molecule has 0 bridgehead atoms. The number of carbonyl (C=O) groups is 1. The SMILES string of the molecule is COC1CC(C=O)CC([N+](=O)[O-])C1O. The van der Waals surface area contributed by atoms with Crippen molar-refractivity contribution in [3.8, 4) is 0 Å². The molecule has 1 N–H and O–H groups in total. The van der Waals surface area contributed by atoms with E-state index in [2.05, 4.69) is 0 Å². The molecule has 6 nitrogen and oxygen atoms in total. The first kappa shape index (κ1) is 11.1. The molecule has 4 unspecified atom stereocenters. The van der Waals surface area contributed by atoms with Crippen molar-refractivity contribution in [2.24, 2.45) is 5.92 Å². The lowest BCUT2D eigenvalue weighted by Crippen LogP contribution is -2.49. The highest BCUT2D eigenvalue weighted by molar-refractivity contribution is 5.54. The fourth-order valence-electron chi connectivity index (χ4n) is 1.79. The summed E-state index contributed by atoms with van der Waals surface area (Å²) in [6.07, 6.45) is -0.599. The smallest absolute Gasteiger partial charge is 0.241 e. The molecule has 1 saturated carbocycles. The monoisotopic (exact) mass is 203 g/mol. The number of nitro groups is 1. The highest BCUT2D eigenvalue weighted by atomic mass is 16.6. The Hall–Kier alpha value is -1.01. The van der Waals surface area contributed by atoms with Crippen molar-refractivity contribution in [2.75, 3.05) is 7.11 Å². The van der Waals surface area contributed by atoms with E-state index in [4.69, 9.17) is 4.74 Å². The van der Waals surface area contributed by atoms with Gasteiger partial charge < -0.3 is 14.6 Å². The van der Waals surface area contributed by atoms with Crippen molar-refractivity contribution >= 4 is 6.29 Å². The lowest BCUT2D eigenvalue weighted by Gasteiger charge is -2.31. The second-order valence-corrected chi connectivity index (χ2v) is 3.49. The molecule has 1 aliphatic carbocycles. The van der Waals surface area contributed by atoms with E-state index in [-0.39, 0.29) is 6.42 Å². The molecule has 4 atom stereocenters. The van der Waals surface area contributed by atoms with Gasteiger partial charge in [0.15, 0.2) is 0 Å². The van der Waals surface area contributed by atoms with Gasteiger partial charge in [-0.05, 0) is 6.42 Å². The fourth-order valence-corrected chi connectivity index (χ4v) is 1.79. The minimum absolute atomic E-state index is 0.0948. The van der Waals surface area contributed by atoms with Crippen LogP contribution < -0.4 is 0 Å². The Morgan fingerprint density at radius 2 is 2.21 bits per heavy atom. The maximum absolute atomic E-state index is 10.6. The Morgan fingerprint density at radius 3 is 2.64 bits per heavy atom. The summed E-state index contributed by atoms with van der Waals surface area (Å²) in [5, 5.41) is 20.1. The number of aliphatic hydroxyl groups is 1. The lowest BCUT2D eigenvalue weighted by molar-refractivity contribution is -0.542. The van der Waals surface area contributed by atoms with Gasteiger partial charge in [0, 0.05) is 24.4 Å². The molecule has 1 rings (SSSR count). The maximum atomic E-state index is 10.6. The second kappa shape index (κ2) is 4.47. The van der Waals surface area contributed by atoms with Crippen LogP contribution in [0.5, 0.6) is 0 Å². The van der Waals surface area contributed by atoms with Gasteiger partial charge in [0.05, 0.1) is 6.10 Å². The van der Waals surface area contributed by atoms with Gasteiger partial charge in [0.25, 0.3) is 0 Å². The Morgan fingerprint density at radius 1 is 1.57 bits per heavy atom. The molecule has 6 heteroatoms. The standard InChI is InChI=1S/C8H13NO5/c1-14-7-3-5(4-10)2-6(8(7)11)9(12)13/h4-8,11H,2-3H2,1H3. The van der Waals surface area contributed by atoms with Crippen molar-refractivity contribution in [3.63, 3.8) is 0 Å². The normalized spacial score (nSPS) is 37.9. The number of aldehydes is 1. The summed E-state index contributed by atoms with van der Waals surface area (Å²) in [6, 6.07) is -1.09. The molecule has 14 heavy (non-hydrogen) atoms. The van der Waals surface area contributed by atoms with Gasteiger partial charge in [0.1, 0.15) is 12.4 Å². The topological polar surface area (TPSA) is 89.7 Å². The zero-order valence-corrected chi connectivity index (χ0v) is 7.83. The summed E-state index contributed by atoms with van der Waals surface area (Å²) >= 11 is 0. The molecule has 0 amide bonds. The molecule has 0 radical (unpaired) electrons.